The molecule has 23 heavy (non-hydrogen) atoms. The van der Waals surface area contributed by atoms with Gasteiger partial charge in [-0.1, -0.05) is 31.5 Å². The second kappa shape index (κ2) is 9.09. The van der Waals surface area contributed by atoms with E-state index in [-0.39, 0.29) is 0 Å². The van der Waals surface area contributed by atoms with Crippen LogP contribution >= 0.6 is 0 Å². The monoisotopic (exact) mass is 309 g/mol. The molecular formula is C20H27N3. The van der Waals surface area contributed by atoms with Crippen LogP contribution in [0.3, 0.4) is 0 Å². The number of nitrogens with zero attached hydrogens (tertiary/aromatic N) is 3. The van der Waals surface area contributed by atoms with Gasteiger partial charge in [0.1, 0.15) is 0 Å². The Balaban J connectivity index is 2.11. The summed E-state index contributed by atoms with van der Waals surface area (Å²) in [6.07, 6.45) is 3.44. The molecule has 0 unspecified atom stereocenters. The fourth-order valence-electron chi connectivity index (χ4n) is 2.62. The van der Waals surface area contributed by atoms with E-state index in [1.807, 2.05) is 24.3 Å². The molecule has 0 aromatic heterocycles. The standard InChI is InChI=1S/C20H27N3/c1-4-7-10-17-11-8-9-12-20(17)22-21-18-13-15-19(16-14-18)23(5-2)6-3/h8-9,11-16H,4-7,10H2,1-3H3. The molecule has 0 aliphatic heterocycles. The predicted octanol–water partition coefficient (Wildman–Crippen LogP) is 6.29. The highest BCUT2D eigenvalue weighted by Gasteiger charge is 2.02. The molecular weight excluding hydrogens is 282 g/mol. The molecule has 0 amide bonds. The average Bonchev–Trinajstić information content (AvgIpc) is 2.61. The molecule has 3 heteroatoms. The van der Waals surface area contributed by atoms with Gasteiger partial charge in [-0.15, -0.1) is 0 Å². The van der Waals surface area contributed by atoms with E-state index < -0.39 is 0 Å². The molecule has 0 fully saturated rings. The Hall–Kier alpha value is -2.16. The molecule has 0 spiro atoms. The molecule has 0 heterocycles. The van der Waals surface area contributed by atoms with Crippen molar-refractivity contribution >= 4 is 17.1 Å². The number of unbranched alkanes of at least 4 members (excludes halogenated alkanes) is 1. The SMILES string of the molecule is CCCCc1ccccc1N=Nc1ccc(N(CC)CC)cc1. The number of anilines is 1. The molecule has 0 bridgehead atoms. The zero-order valence-electron chi connectivity index (χ0n) is 14.5. The van der Waals surface area contributed by atoms with Crippen molar-refractivity contribution in [3.63, 3.8) is 0 Å². The molecule has 0 saturated carbocycles. The van der Waals surface area contributed by atoms with Gasteiger partial charge in [0.15, 0.2) is 0 Å². The Bertz CT molecular complexity index is 613. The van der Waals surface area contributed by atoms with E-state index in [0.717, 1.165) is 30.9 Å². The lowest BCUT2D eigenvalue weighted by atomic mass is 10.1. The molecule has 2 aromatic rings. The molecule has 0 N–H and O–H groups in total. The summed E-state index contributed by atoms with van der Waals surface area (Å²) in [5.41, 5.74) is 4.38. The van der Waals surface area contributed by atoms with Gasteiger partial charge in [-0.05, 0) is 62.6 Å². The fourth-order valence-corrected chi connectivity index (χ4v) is 2.62. The first-order chi connectivity index (χ1) is 11.3. The second-order valence-corrected chi connectivity index (χ2v) is 5.62. The minimum absolute atomic E-state index is 0.895. The zero-order chi connectivity index (χ0) is 16.5. The van der Waals surface area contributed by atoms with Gasteiger partial charge in [-0.25, -0.2) is 0 Å². The maximum absolute atomic E-state index is 4.46. The zero-order valence-corrected chi connectivity index (χ0v) is 14.5. The Kier molecular flexibility index (Phi) is 6.79. The lowest BCUT2D eigenvalue weighted by molar-refractivity contribution is 0.794. The Labute approximate surface area is 140 Å². The topological polar surface area (TPSA) is 28.0 Å². The quantitative estimate of drug-likeness (QED) is 0.526. The second-order valence-electron chi connectivity index (χ2n) is 5.62. The van der Waals surface area contributed by atoms with E-state index in [2.05, 4.69) is 60.2 Å². The molecule has 0 atom stereocenters. The summed E-state index contributed by atoms with van der Waals surface area (Å²) in [6.45, 7) is 8.58. The third-order valence-electron chi connectivity index (χ3n) is 4.04. The lowest BCUT2D eigenvalue weighted by Gasteiger charge is -2.20. The van der Waals surface area contributed by atoms with Crippen LogP contribution in [0.15, 0.2) is 58.8 Å². The number of hydrogen-bond acceptors (Lipinski definition) is 3. The highest BCUT2D eigenvalue weighted by molar-refractivity contribution is 5.53. The summed E-state index contributed by atoms with van der Waals surface area (Å²) in [5.74, 6) is 0. The van der Waals surface area contributed by atoms with Gasteiger partial charge in [-0.2, -0.15) is 10.2 Å². The van der Waals surface area contributed by atoms with Gasteiger partial charge < -0.3 is 4.90 Å². The van der Waals surface area contributed by atoms with Crippen molar-refractivity contribution in [3.8, 4) is 0 Å². The van der Waals surface area contributed by atoms with Gasteiger partial charge >= 0.3 is 0 Å². The maximum Gasteiger partial charge on any atom is 0.0889 e. The van der Waals surface area contributed by atoms with Crippen molar-refractivity contribution in [2.45, 2.75) is 40.0 Å². The number of benzene rings is 2. The first kappa shape index (κ1) is 17.2. The first-order valence-corrected chi connectivity index (χ1v) is 8.63. The van der Waals surface area contributed by atoms with Crippen LogP contribution in [0.5, 0.6) is 0 Å². The molecule has 0 aliphatic carbocycles. The van der Waals surface area contributed by atoms with Crippen molar-refractivity contribution in [3.05, 3.63) is 54.1 Å². The van der Waals surface area contributed by atoms with Crippen LogP contribution < -0.4 is 4.90 Å². The van der Waals surface area contributed by atoms with Gasteiger partial charge in [0, 0.05) is 18.8 Å². The normalized spacial score (nSPS) is 11.1. The van der Waals surface area contributed by atoms with Crippen molar-refractivity contribution in [1.82, 2.24) is 0 Å². The van der Waals surface area contributed by atoms with Gasteiger partial charge in [-0.3, -0.25) is 0 Å². The van der Waals surface area contributed by atoms with Crippen LogP contribution in [0, 0.1) is 0 Å². The van der Waals surface area contributed by atoms with Gasteiger partial charge in [0.25, 0.3) is 0 Å². The molecule has 0 radical (unpaired) electrons. The highest BCUT2D eigenvalue weighted by atomic mass is 15.1. The largest absolute Gasteiger partial charge is 0.372 e. The smallest absolute Gasteiger partial charge is 0.0889 e. The van der Waals surface area contributed by atoms with Crippen LogP contribution in [0.2, 0.25) is 0 Å². The Morgan fingerprint density at radius 2 is 1.52 bits per heavy atom. The van der Waals surface area contributed by atoms with E-state index in [1.54, 1.807) is 0 Å². The predicted molar refractivity (Wildman–Crippen MR) is 99.2 cm³/mol. The summed E-state index contributed by atoms with van der Waals surface area (Å²) in [4.78, 5) is 2.32. The molecule has 0 saturated heterocycles. The minimum atomic E-state index is 0.895. The van der Waals surface area contributed by atoms with Crippen LogP contribution in [-0.2, 0) is 6.42 Å². The van der Waals surface area contributed by atoms with Crippen LogP contribution in [0.4, 0.5) is 17.1 Å². The third kappa shape index (κ3) is 4.92. The lowest BCUT2D eigenvalue weighted by Crippen LogP contribution is -2.21. The molecule has 3 nitrogen and oxygen atoms in total. The summed E-state index contributed by atoms with van der Waals surface area (Å²) < 4.78 is 0. The molecule has 2 aromatic carbocycles. The number of azo groups is 1. The van der Waals surface area contributed by atoms with Crippen LogP contribution in [0.25, 0.3) is 0 Å². The van der Waals surface area contributed by atoms with Crippen molar-refractivity contribution in [1.29, 1.82) is 0 Å². The van der Waals surface area contributed by atoms with E-state index in [4.69, 9.17) is 0 Å². The van der Waals surface area contributed by atoms with Crippen LogP contribution in [0.1, 0.15) is 39.2 Å². The number of hydrogen-bond donors (Lipinski definition) is 0. The first-order valence-electron chi connectivity index (χ1n) is 8.63. The summed E-state index contributed by atoms with van der Waals surface area (Å²) in [6, 6.07) is 16.6. The van der Waals surface area contributed by atoms with Crippen molar-refractivity contribution in [2.75, 3.05) is 18.0 Å². The average molecular weight is 309 g/mol. The van der Waals surface area contributed by atoms with Crippen molar-refractivity contribution in [2.24, 2.45) is 10.2 Å². The van der Waals surface area contributed by atoms with E-state index in [0.29, 0.717) is 0 Å². The minimum Gasteiger partial charge on any atom is -0.372 e. The van der Waals surface area contributed by atoms with Crippen molar-refractivity contribution < 1.29 is 0 Å². The van der Waals surface area contributed by atoms with Gasteiger partial charge in [0.05, 0.1) is 11.4 Å². The number of rotatable bonds is 8. The summed E-state index contributed by atoms with van der Waals surface area (Å²) in [7, 11) is 0. The van der Waals surface area contributed by atoms with E-state index in [1.165, 1.54) is 24.1 Å². The third-order valence-corrected chi connectivity index (χ3v) is 4.04. The number of aryl methyl sites for hydroxylation is 1. The maximum atomic E-state index is 4.46. The van der Waals surface area contributed by atoms with E-state index >= 15 is 0 Å². The van der Waals surface area contributed by atoms with Crippen LogP contribution in [-0.4, -0.2) is 13.1 Å². The summed E-state index contributed by atoms with van der Waals surface area (Å²) in [5, 5.41) is 8.86. The highest BCUT2D eigenvalue weighted by Crippen LogP contribution is 2.25. The fraction of sp³-hybridized carbons (Fsp3) is 0.400. The van der Waals surface area contributed by atoms with E-state index in [9.17, 15) is 0 Å². The van der Waals surface area contributed by atoms with Gasteiger partial charge in [0.2, 0.25) is 0 Å². The Morgan fingerprint density at radius 1 is 0.826 bits per heavy atom. The molecule has 122 valence electrons. The molecule has 0 aliphatic rings. The molecule has 2 rings (SSSR count). The Morgan fingerprint density at radius 3 is 2.17 bits per heavy atom. The summed E-state index contributed by atoms with van der Waals surface area (Å²) >= 11 is 0.